The topological polar surface area (TPSA) is 35.5 Å². The van der Waals surface area contributed by atoms with Gasteiger partial charge in [0.15, 0.2) is 0 Å². The Kier molecular flexibility index (Phi) is 19.9. The Morgan fingerprint density at radius 2 is 0.903 bits per heavy atom. The second-order valence-corrected chi connectivity index (χ2v) is 32.8. The predicted octanol–water partition coefficient (Wildman–Crippen LogP) is 11.4. The van der Waals surface area contributed by atoms with Crippen LogP contribution in [0.25, 0.3) is 0 Å². The molecule has 6 aliphatic carbocycles. The zero-order valence-corrected chi connectivity index (χ0v) is 49.4. The smallest absolute Gasteiger partial charge is 0.302 e. The van der Waals surface area contributed by atoms with Gasteiger partial charge in [0.05, 0.1) is 14.7 Å². The Bertz CT molecular complexity index is 1660. The first-order chi connectivity index (χ1) is 29.1. The Balaban J connectivity index is 0.000000164. The number of ether oxygens (including phenoxy) is 2. The van der Waals surface area contributed by atoms with Gasteiger partial charge in [-0.25, -0.2) is 0 Å². The van der Waals surface area contributed by atoms with Crippen LogP contribution in [0.4, 0.5) is 0 Å². The lowest BCUT2D eigenvalue weighted by Gasteiger charge is -2.27. The molecule has 0 N–H and O–H groups in total. The second kappa shape index (κ2) is 23.4. The van der Waals surface area contributed by atoms with Gasteiger partial charge in [-0.15, -0.1) is 0 Å². The van der Waals surface area contributed by atoms with Gasteiger partial charge in [-0.2, -0.15) is 0 Å². The third-order valence-corrected chi connectivity index (χ3v) is 26.5. The average molecular weight is 914 g/mol. The second-order valence-electron chi connectivity index (χ2n) is 23.2. The highest BCUT2D eigenvalue weighted by molar-refractivity contribution is 6.90. The summed E-state index contributed by atoms with van der Waals surface area (Å²) in [5, 5.41) is 1.57. The van der Waals surface area contributed by atoms with Gasteiger partial charge in [-0.05, 0) is 107 Å². The standard InChI is InChI=1S/C11H18Si.C9H10O2.3C9H18Si.C8H10O/c1-10(2)12(3,4)11-8-6-5-7-9-11;1-8(10)11-7-9-5-3-2-4-6-9;3*1-9(2)6-3-4-7(9)8(10)5-6;1-9-7-8-5-3-2-4-6-8/h5-10H,1-4H3;2-6H,7H2,1H3;3*6-8H,3-5H2,1-2,10H3;2-6H,7H2,1H3. The van der Waals surface area contributed by atoms with Gasteiger partial charge in [0.2, 0.25) is 0 Å². The van der Waals surface area contributed by atoms with E-state index in [1.54, 1.807) is 50.8 Å². The van der Waals surface area contributed by atoms with Crippen LogP contribution in [0.2, 0.25) is 35.3 Å². The van der Waals surface area contributed by atoms with Crippen molar-refractivity contribution >= 4 is 50.0 Å². The molecule has 0 aromatic heterocycles. The van der Waals surface area contributed by atoms with Gasteiger partial charge >= 0.3 is 5.97 Å². The van der Waals surface area contributed by atoms with Crippen molar-refractivity contribution in [2.24, 2.45) is 51.8 Å². The van der Waals surface area contributed by atoms with E-state index in [4.69, 9.17) is 9.47 Å². The van der Waals surface area contributed by atoms with Crippen molar-refractivity contribution in [3.05, 3.63) is 102 Å². The highest BCUT2D eigenvalue weighted by Gasteiger charge is 2.53. The van der Waals surface area contributed by atoms with Crippen LogP contribution < -0.4 is 5.19 Å². The molecule has 0 spiro atoms. The van der Waals surface area contributed by atoms with Crippen LogP contribution >= 0.6 is 0 Å². The maximum atomic E-state index is 10.4. The Labute approximate surface area is 391 Å². The summed E-state index contributed by atoms with van der Waals surface area (Å²) in [6.07, 6.45) is 14.0. The summed E-state index contributed by atoms with van der Waals surface area (Å²) >= 11 is 0. The van der Waals surface area contributed by atoms with Crippen molar-refractivity contribution in [3.63, 3.8) is 0 Å². The molecule has 6 fully saturated rings. The average Bonchev–Trinajstić information content (AvgIpc) is 3.98. The number of benzene rings is 3. The number of rotatable bonds is 6. The molecular weight excluding hydrogens is 821 g/mol. The van der Waals surface area contributed by atoms with Gasteiger partial charge in [-0.1, -0.05) is 201 Å². The minimum Gasteiger partial charge on any atom is -0.461 e. The van der Waals surface area contributed by atoms with Crippen LogP contribution in [0, 0.1) is 51.8 Å². The summed E-state index contributed by atoms with van der Waals surface area (Å²) < 4.78 is 9.72. The fourth-order valence-electron chi connectivity index (χ4n) is 13.1. The van der Waals surface area contributed by atoms with E-state index in [0.29, 0.717) is 13.2 Å². The molecule has 3 nitrogen and oxygen atoms in total. The van der Waals surface area contributed by atoms with Gasteiger partial charge in [0.1, 0.15) is 6.61 Å². The van der Waals surface area contributed by atoms with Crippen molar-refractivity contribution in [1.29, 1.82) is 0 Å². The third kappa shape index (κ3) is 13.7. The first-order valence-corrected chi connectivity index (χ1v) is 31.4. The summed E-state index contributed by atoms with van der Waals surface area (Å²) in [6.45, 7) is 27.0. The van der Waals surface area contributed by atoms with Crippen molar-refractivity contribution in [2.75, 3.05) is 7.11 Å². The van der Waals surface area contributed by atoms with E-state index in [9.17, 15) is 4.79 Å². The van der Waals surface area contributed by atoms with E-state index in [1.165, 1.54) is 62.5 Å². The summed E-state index contributed by atoms with van der Waals surface area (Å²) in [4.78, 5) is 10.4. The van der Waals surface area contributed by atoms with E-state index >= 15 is 0 Å². The van der Waals surface area contributed by atoms with Gasteiger partial charge in [0, 0.05) is 44.8 Å². The predicted molar refractivity (Wildman–Crippen MR) is 283 cm³/mol. The number of fused-ring (bicyclic) bond motifs is 6. The third-order valence-electron chi connectivity index (χ3n) is 17.9. The number of hydrogen-bond donors (Lipinski definition) is 0. The SMILES string of the molecule is CC(=O)OCc1ccccc1.CC(C)[Si](C)(C)c1ccccc1.CC1(C)C2CCC1C([SiH3])C2.CC1(C)C2CCC1C([SiH3])C2.CC1(C)C2CCC1C([SiH3])C2.COCc1ccccc1. The summed E-state index contributed by atoms with van der Waals surface area (Å²) in [5.74, 6) is 6.39. The Hall–Kier alpha value is -2.04. The summed E-state index contributed by atoms with van der Waals surface area (Å²) in [6, 6.07) is 30.6. The molecule has 0 aliphatic heterocycles. The fraction of sp³-hybridized carbons (Fsp3) is 0.655. The zero-order valence-electron chi connectivity index (χ0n) is 42.4. The van der Waals surface area contributed by atoms with Gasteiger partial charge in [0.25, 0.3) is 0 Å². The Morgan fingerprint density at radius 1 is 0.581 bits per heavy atom. The minimum atomic E-state index is -1.16. The lowest BCUT2D eigenvalue weighted by Crippen LogP contribution is -2.43. The van der Waals surface area contributed by atoms with Crippen molar-refractivity contribution in [1.82, 2.24) is 0 Å². The normalized spacial score (nSPS) is 29.7. The van der Waals surface area contributed by atoms with Crippen LogP contribution in [0.5, 0.6) is 0 Å². The molecule has 9 atom stereocenters. The van der Waals surface area contributed by atoms with Gasteiger partial charge in [-0.3, -0.25) is 4.79 Å². The van der Waals surface area contributed by atoms with E-state index in [0.717, 1.165) is 79.5 Å². The van der Waals surface area contributed by atoms with E-state index in [2.05, 4.69) is 98.8 Å². The number of methoxy groups -OCH3 is 1. The molecule has 0 radical (unpaired) electrons. The number of carbonyl (C=O) groups is 1. The molecule has 9 rings (SSSR count). The summed E-state index contributed by atoms with van der Waals surface area (Å²) in [7, 11) is 4.89. The van der Waals surface area contributed by atoms with Crippen LogP contribution in [0.3, 0.4) is 0 Å². The number of esters is 1. The van der Waals surface area contributed by atoms with Gasteiger partial charge < -0.3 is 9.47 Å². The molecule has 346 valence electrons. The van der Waals surface area contributed by atoms with Crippen molar-refractivity contribution in [2.45, 2.75) is 169 Å². The first-order valence-electron chi connectivity index (χ1n) is 24.9. The van der Waals surface area contributed by atoms with Crippen LogP contribution in [-0.4, -0.2) is 51.9 Å². The number of hydrogen-bond acceptors (Lipinski definition) is 3. The molecular formula is C55H92O3Si4. The quantitative estimate of drug-likeness (QED) is 0.183. The van der Waals surface area contributed by atoms with E-state index < -0.39 is 8.07 Å². The highest BCUT2D eigenvalue weighted by atomic mass is 28.3. The molecule has 6 saturated carbocycles. The van der Waals surface area contributed by atoms with E-state index in [-0.39, 0.29) is 5.97 Å². The maximum absolute atomic E-state index is 10.4. The van der Waals surface area contributed by atoms with Crippen LogP contribution in [-0.2, 0) is 27.5 Å². The zero-order chi connectivity index (χ0) is 45.9. The molecule has 62 heavy (non-hydrogen) atoms. The monoisotopic (exact) mass is 913 g/mol. The van der Waals surface area contributed by atoms with Crippen LogP contribution in [0.1, 0.15) is 131 Å². The van der Waals surface area contributed by atoms with E-state index in [1.807, 2.05) is 60.7 Å². The van der Waals surface area contributed by atoms with Crippen molar-refractivity contribution in [3.8, 4) is 0 Å². The lowest BCUT2D eigenvalue weighted by molar-refractivity contribution is -0.142. The largest absolute Gasteiger partial charge is 0.461 e. The maximum Gasteiger partial charge on any atom is 0.302 e. The summed E-state index contributed by atoms with van der Waals surface area (Å²) in [5.41, 5.74) is 8.73. The van der Waals surface area contributed by atoms with Crippen LogP contribution in [0.15, 0.2) is 91.0 Å². The minimum absolute atomic E-state index is 0.242. The fourth-order valence-corrected chi connectivity index (χ4v) is 20.1. The molecule has 6 bridgehead atoms. The molecule has 0 heterocycles. The molecule has 7 heteroatoms. The molecule has 3 aromatic rings. The molecule has 6 aliphatic rings. The molecule has 3 aromatic carbocycles. The lowest BCUT2D eigenvalue weighted by atomic mass is 9.82. The molecule has 0 saturated heterocycles. The molecule has 9 unspecified atom stereocenters. The van der Waals surface area contributed by atoms with Crippen molar-refractivity contribution < 1.29 is 14.3 Å². The highest BCUT2D eigenvalue weighted by Crippen LogP contribution is 2.63. The number of carbonyl (C=O) groups excluding carboxylic acids is 1. The molecule has 0 amide bonds. The first kappa shape index (κ1) is 52.6. The Morgan fingerprint density at radius 3 is 1.13 bits per heavy atom.